The number of aliphatic hydroxyl groups is 1. The van der Waals surface area contributed by atoms with Crippen LogP contribution in [0, 0.1) is 29.6 Å². The van der Waals surface area contributed by atoms with Crippen molar-refractivity contribution in [3.05, 3.63) is 35.9 Å². The van der Waals surface area contributed by atoms with E-state index in [0.717, 1.165) is 19.3 Å². The summed E-state index contributed by atoms with van der Waals surface area (Å²) in [6.45, 7) is 12.6. The van der Waals surface area contributed by atoms with E-state index in [9.17, 15) is 5.11 Å². The van der Waals surface area contributed by atoms with E-state index in [-0.39, 0.29) is 23.0 Å². The quantitative estimate of drug-likeness (QED) is 0.571. The summed E-state index contributed by atoms with van der Waals surface area (Å²) in [6, 6.07) is 10.4. The van der Waals surface area contributed by atoms with Gasteiger partial charge in [-0.05, 0) is 36.0 Å². The molecule has 5 heteroatoms. The van der Waals surface area contributed by atoms with E-state index in [1.54, 1.807) is 0 Å². The second-order valence-electron chi connectivity index (χ2n) is 10.7. The topological polar surface area (TPSA) is 47.9 Å². The maximum Gasteiger partial charge on any atom is 0.193 e. The van der Waals surface area contributed by atoms with Crippen molar-refractivity contribution in [2.75, 3.05) is 13.2 Å². The minimum absolute atomic E-state index is 0.0188. The predicted octanol–water partition coefficient (Wildman–Crippen LogP) is 4.38. The van der Waals surface area contributed by atoms with Crippen LogP contribution in [0.3, 0.4) is 0 Å². The van der Waals surface area contributed by atoms with Gasteiger partial charge in [0.2, 0.25) is 0 Å². The van der Waals surface area contributed by atoms with E-state index >= 15 is 0 Å². The summed E-state index contributed by atoms with van der Waals surface area (Å²) >= 11 is 0. The van der Waals surface area contributed by atoms with Crippen LogP contribution in [0.25, 0.3) is 0 Å². The van der Waals surface area contributed by atoms with Gasteiger partial charge >= 0.3 is 0 Å². The van der Waals surface area contributed by atoms with E-state index in [2.05, 4.69) is 70.0 Å². The number of hydrogen-bond donors (Lipinski definition) is 1. The zero-order chi connectivity index (χ0) is 21.6. The first-order valence-corrected chi connectivity index (χ1v) is 14.2. The van der Waals surface area contributed by atoms with Gasteiger partial charge in [0.05, 0.1) is 19.3 Å². The van der Waals surface area contributed by atoms with Crippen LogP contribution in [0.15, 0.2) is 30.3 Å². The van der Waals surface area contributed by atoms with Crippen LogP contribution in [0.4, 0.5) is 0 Å². The Morgan fingerprint density at radius 3 is 2.50 bits per heavy atom. The molecule has 0 amide bonds. The molecule has 30 heavy (non-hydrogen) atoms. The first-order valence-electron chi connectivity index (χ1n) is 11.3. The summed E-state index contributed by atoms with van der Waals surface area (Å²) < 4.78 is 18.5. The third-order valence-electron chi connectivity index (χ3n) is 7.67. The van der Waals surface area contributed by atoms with Crippen molar-refractivity contribution in [3.8, 4) is 11.8 Å². The Labute approximate surface area is 182 Å². The Morgan fingerprint density at radius 2 is 1.87 bits per heavy atom. The molecule has 0 bridgehead atoms. The highest BCUT2D eigenvalue weighted by molar-refractivity contribution is 6.74. The zero-order valence-electron chi connectivity index (χ0n) is 19.0. The Morgan fingerprint density at radius 1 is 1.20 bits per heavy atom. The highest BCUT2D eigenvalue weighted by Crippen LogP contribution is 2.59. The average molecular weight is 429 g/mol. The van der Waals surface area contributed by atoms with Crippen LogP contribution >= 0.6 is 0 Å². The number of ether oxygens (including phenoxy) is 2. The second-order valence-corrected chi connectivity index (χ2v) is 15.4. The molecule has 3 aliphatic rings. The van der Waals surface area contributed by atoms with Gasteiger partial charge in [0, 0.05) is 24.7 Å². The van der Waals surface area contributed by atoms with Crippen LogP contribution in [0.5, 0.6) is 0 Å². The van der Waals surface area contributed by atoms with Crippen LogP contribution < -0.4 is 0 Å². The Hall–Kier alpha value is -1.16. The number of rotatable bonds is 4. The normalized spacial score (nSPS) is 31.0. The van der Waals surface area contributed by atoms with Crippen LogP contribution in [-0.2, 0) is 20.3 Å². The van der Waals surface area contributed by atoms with Crippen molar-refractivity contribution in [2.45, 2.75) is 76.2 Å². The number of hydrogen-bond acceptors (Lipinski definition) is 4. The van der Waals surface area contributed by atoms with Gasteiger partial charge in [-0.2, -0.15) is 0 Å². The minimum atomic E-state index is -1.96. The van der Waals surface area contributed by atoms with Crippen LogP contribution in [-0.4, -0.2) is 44.6 Å². The van der Waals surface area contributed by atoms with Gasteiger partial charge < -0.3 is 19.0 Å². The summed E-state index contributed by atoms with van der Waals surface area (Å²) in [6.07, 6.45) is 1.77. The Bertz CT molecular complexity index is 798. The monoisotopic (exact) mass is 428 g/mol. The molecule has 1 aromatic rings. The van der Waals surface area contributed by atoms with Crippen molar-refractivity contribution in [1.82, 2.24) is 0 Å². The van der Waals surface area contributed by atoms with E-state index in [0.29, 0.717) is 19.1 Å². The summed E-state index contributed by atoms with van der Waals surface area (Å²) in [5.41, 5.74) is 1.23. The average Bonchev–Trinajstić information content (AvgIpc) is 3.25. The third-order valence-corrected chi connectivity index (χ3v) is 12.2. The lowest BCUT2D eigenvalue weighted by Crippen LogP contribution is -2.53. The summed E-state index contributed by atoms with van der Waals surface area (Å²) in [7, 11) is -1.96. The predicted molar refractivity (Wildman–Crippen MR) is 120 cm³/mol. The second kappa shape index (κ2) is 8.07. The number of benzene rings is 1. The van der Waals surface area contributed by atoms with Crippen molar-refractivity contribution in [3.63, 3.8) is 0 Å². The van der Waals surface area contributed by atoms with Crippen molar-refractivity contribution < 1.29 is 19.0 Å². The SMILES string of the molecule is CC(C)(C)[Si](C)(C)OC(C#CC1C(O)CC2C1CC21OCCO1)Cc1ccccc1. The number of aliphatic hydroxyl groups excluding tert-OH is 1. The molecule has 1 saturated heterocycles. The lowest BCUT2D eigenvalue weighted by molar-refractivity contribution is -0.270. The van der Waals surface area contributed by atoms with E-state index in [1.165, 1.54) is 5.56 Å². The maximum atomic E-state index is 10.7. The largest absolute Gasteiger partial charge is 0.403 e. The smallest absolute Gasteiger partial charge is 0.193 e. The molecule has 1 N–H and O–H groups in total. The fourth-order valence-electron chi connectivity index (χ4n) is 4.89. The Balaban J connectivity index is 1.51. The van der Waals surface area contributed by atoms with Crippen LogP contribution in [0.1, 0.15) is 39.2 Å². The summed E-state index contributed by atoms with van der Waals surface area (Å²) in [4.78, 5) is 0. The molecule has 5 unspecified atom stereocenters. The third kappa shape index (κ3) is 4.13. The molecule has 4 nitrogen and oxygen atoms in total. The van der Waals surface area contributed by atoms with Crippen molar-refractivity contribution in [1.29, 1.82) is 0 Å². The maximum absolute atomic E-state index is 10.7. The fraction of sp³-hybridized carbons (Fsp3) is 0.680. The molecule has 2 aliphatic carbocycles. The molecule has 1 aromatic carbocycles. The lowest BCUT2D eigenvalue weighted by atomic mass is 9.67. The molecule has 0 aromatic heterocycles. The summed E-state index contributed by atoms with van der Waals surface area (Å²) in [5, 5.41) is 10.9. The van der Waals surface area contributed by atoms with Gasteiger partial charge in [0.15, 0.2) is 14.1 Å². The van der Waals surface area contributed by atoms with E-state index in [4.69, 9.17) is 13.9 Å². The molecule has 3 fully saturated rings. The molecule has 164 valence electrons. The molecular formula is C25H36O4Si. The summed E-state index contributed by atoms with van der Waals surface area (Å²) in [5.74, 6) is 7.07. The van der Waals surface area contributed by atoms with Gasteiger partial charge in [-0.1, -0.05) is 62.9 Å². The molecule has 4 rings (SSSR count). The van der Waals surface area contributed by atoms with Gasteiger partial charge in [0.25, 0.3) is 0 Å². The van der Waals surface area contributed by atoms with E-state index < -0.39 is 20.2 Å². The molecular weight excluding hydrogens is 392 g/mol. The number of fused-ring (bicyclic) bond motifs is 2. The highest BCUT2D eigenvalue weighted by atomic mass is 28.4. The van der Waals surface area contributed by atoms with Gasteiger partial charge in [-0.15, -0.1) is 0 Å². The van der Waals surface area contributed by atoms with Crippen molar-refractivity contribution >= 4 is 8.32 Å². The minimum Gasteiger partial charge on any atom is -0.403 e. The van der Waals surface area contributed by atoms with Gasteiger partial charge in [-0.3, -0.25) is 0 Å². The van der Waals surface area contributed by atoms with Gasteiger partial charge in [0.1, 0.15) is 6.10 Å². The Kier molecular flexibility index (Phi) is 5.93. The van der Waals surface area contributed by atoms with Gasteiger partial charge in [-0.25, -0.2) is 0 Å². The molecule has 1 heterocycles. The zero-order valence-corrected chi connectivity index (χ0v) is 20.0. The fourth-order valence-corrected chi connectivity index (χ4v) is 6.10. The standard InChI is InChI=1S/C25H36O4Si/c1-24(2,3)30(4,5)29-19(15-18-9-7-6-8-10-18)11-12-20-21-17-25(27-13-14-28-25)22(21)16-23(20)26/h6-10,19-23,26H,13-17H2,1-5H3. The first kappa shape index (κ1) is 22.0. The molecule has 1 aliphatic heterocycles. The van der Waals surface area contributed by atoms with E-state index in [1.807, 2.05) is 6.07 Å². The molecule has 5 atom stereocenters. The van der Waals surface area contributed by atoms with Crippen molar-refractivity contribution in [2.24, 2.45) is 17.8 Å². The molecule has 1 spiro atoms. The van der Waals surface area contributed by atoms with Crippen LogP contribution in [0.2, 0.25) is 18.1 Å². The highest BCUT2D eigenvalue weighted by Gasteiger charge is 2.64. The molecule has 0 radical (unpaired) electrons. The first-order chi connectivity index (χ1) is 14.1. The lowest BCUT2D eigenvalue weighted by Gasteiger charge is -2.48. The molecule has 2 saturated carbocycles.